The molecule has 1 saturated heterocycles. The molecule has 0 amide bonds. The maximum Gasteiger partial charge on any atom is 0.166 e. The molecule has 1 unspecified atom stereocenters. The van der Waals surface area contributed by atoms with Crippen LogP contribution < -0.4 is 0 Å². The lowest BCUT2D eigenvalue weighted by Gasteiger charge is -2.21. The lowest BCUT2D eigenvalue weighted by Crippen LogP contribution is -2.30. The number of aldehydes is 1. The van der Waals surface area contributed by atoms with Crippen molar-refractivity contribution in [2.75, 3.05) is 13.1 Å². The van der Waals surface area contributed by atoms with Gasteiger partial charge in [0.05, 0.1) is 11.4 Å². The Balaban J connectivity index is 1.87. The van der Waals surface area contributed by atoms with Gasteiger partial charge in [0.15, 0.2) is 6.29 Å². The van der Waals surface area contributed by atoms with E-state index in [1.807, 2.05) is 28.8 Å². The number of fused-ring (bicyclic) bond motifs is 1. The topological polar surface area (TPSA) is 37.6 Å². The number of likely N-dealkylation sites (tertiary alicyclic amines) is 1. The van der Waals surface area contributed by atoms with E-state index in [1.54, 1.807) is 0 Å². The van der Waals surface area contributed by atoms with Gasteiger partial charge < -0.3 is 4.90 Å². The highest BCUT2D eigenvalue weighted by molar-refractivity contribution is 5.73. The van der Waals surface area contributed by atoms with Gasteiger partial charge in [0.2, 0.25) is 0 Å². The van der Waals surface area contributed by atoms with Gasteiger partial charge in [-0.3, -0.25) is 9.20 Å². The molecule has 0 aliphatic carbocycles. The van der Waals surface area contributed by atoms with Gasteiger partial charge in [-0.25, -0.2) is 4.98 Å². The Labute approximate surface area is 113 Å². The summed E-state index contributed by atoms with van der Waals surface area (Å²) < 4.78 is 1.88. The minimum absolute atomic E-state index is 0.606. The predicted molar refractivity (Wildman–Crippen MR) is 74.6 cm³/mol. The number of pyridine rings is 1. The average Bonchev–Trinajstić information content (AvgIpc) is 3.04. The molecule has 1 fully saturated rings. The maximum absolute atomic E-state index is 11.0. The Hall–Kier alpha value is -1.68. The van der Waals surface area contributed by atoms with Crippen molar-refractivity contribution in [1.29, 1.82) is 0 Å². The minimum Gasteiger partial charge on any atom is -0.300 e. The summed E-state index contributed by atoms with van der Waals surface area (Å²) in [6.45, 7) is 4.53. The Morgan fingerprint density at radius 1 is 1.47 bits per heavy atom. The zero-order valence-electron chi connectivity index (χ0n) is 11.2. The molecule has 0 radical (unpaired) electrons. The van der Waals surface area contributed by atoms with Crippen LogP contribution in [0.5, 0.6) is 0 Å². The number of imidazole rings is 1. The first-order chi connectivity index (χ1) is 9.31. The van der Waals surface area contributed by atoms with Crippen molar-refractivity contribution in [3.8, 4) is 0 Å². The first-order valence-corrected chi connectivity index (χ1v) is 6.98. The number of hydrogen-bond acceptors (Lipinski definition) is 3. The van der Waals surface area contributed by atoms with E-state index in [-0.39, 0.29) is 0 Å². The highest BCUT2D eigenvalue weighted by Crippen LogP contribution is 2.20. The Bertz CT molecular complexity index is 590. The molecule has 2 aromatic rings. The standard InChI is InChI=1S/C15H19N3O/c1-2-17-8-4-6-13(17)9-12-10-18-14(11-19)5-3-7-15(18)16-12/h3,5,7,10-11,13H,2,4,6,8-9H2,1H3. The van der Waals surface area contributed by atoms with E-state index >= 15 is 0 Å². The van der Waals surface area contributed by atoms with Crippen molar-refractivity contribution < 1.29 is 4.79 Å². The molecule has 1 aliphatic heterocycles. The quantitative estimate of drug-likeness (QED) is 0.788. The first kappa shape index (κ1) is 12.4. The van der Waals surface area contributed by atoms with Crippen LogP contribution in [0, 0.1) is 0 Å². The predicted octanol–water partition coefficient (Wildman–Crippen LogP) is 2.17. The molecule has 4 nitrogen and oxygen atoms in total. The van der Waals surface area contributed by atoms with Gasteiger partial charge in [0.1, 0.15) is 5.65 Å². The van der Waals surface area contributed by atoms with E-state index in [0.717, 1.165) is 30.6 Å². The third-order valence-corrected chi connectivity index (χ3v) is 4.04. The van der Waals surface area contributed by atoms with Crippen LogP contribution in [0.1, 0.15) is 35.9 Å². The summed E-state index contributed by atoms with van der Waals surface area (Å²) in [4.78, 5) is 18.2. The van der Waals surface area contributed by atoms with E-state index in [2.05, 4.69) is 16.8 Å². The largest absolute Gasteiger partial charge is 0.300 e. The zero-order chi connectivity index (χ0) is 13.2. The van der Waals surface area contributed by atoms with Gasteiger partial charge in [-0.1, -0.05) is 13.0 Å². The van der Waals surface area contributed by atoms with Crippen molar-refractivity contribution in [1.82, 2.24) is 14.3 Å². The number of hydrogen-bond donors (Lipinski definition) is 0. The summed E-state index contributed by atoms with van der Waals surface area (Å²) in [6.07, 6.45) is 6.40. The maximum atomic E-state index is 11.0. The van der Waals surface area contributed by atoms with Crippen LogP contribution in [0.25, 0.3) is 5.65 Å². The first-order valence-electron chi connectivity index (χ1n) is 6.98. The third-order valence-electron chi connectivity index (χ3n) is 4.04. The van der Waals surface area contributed by atoms with Crippen LogP contribution >= 0.6 is 0 Å². The second-order valence-electron chi connectivity index (χ2n) is 5.16. The van der Waals surface area contributed by atoms with Crippen LogP contribution in [0.15, 0.2) is 24.4 Å². The summed E-state index contributed by atoms with van der Waals surface area (Å²) in [7, 11) is 0. The van der Waals surface area contributed by atoms with Gasteiger partial charge >= 0.3 is 0 Å². The van der Waals surface area contributed by atoms with Crippen LogP contribution in [0.2, 0.25) is 0 Å². The van der Waals surface area contributed by atoms with Gasteiger partial charge in [0, 0.05) is 18.7 Å². The summed E-state index contributed by atoms with van der Waals surface area (Å²) in [5.41, 5.74) is 2.61. The SMILES string of the molecule is CCN1CCCC1Cc1cn2c(C=O)cccc2n1. The normalized spacial score (nSPS) is 20.2. The summed E-state index contributed by atoms with van der Waals surface area (Å²) in [5, 5.41) is 0. The molecule has 1 aliphatic rings. The molecule has 0 spiro atoms. The molecular weight excluding hydrogens is 238 g/mol. The highest BCUT2D eigenvalue weighted by Gasteiger charge is 2.23. The summed E-state index contributed by atoms with van der Waals surface area (Å²) >= 11 is 0. The number of rotatable bonds is 4. The van der Waals surface area contributed by atoms with Crippen LogP contribution in [-0.2, 0) is 6.42 Å². The summed E-state index contributed by atoms with van der Waals surface area (Å²) in [6, 6.07) is 6.25. The number of carbonyl (C=O) groups is 1. The van der Waals surface area contributed by atoms with Crippen molar-refractivity contribution in [2.24, 2.45) is 0 Å². The van der Waals surface area contributed by atoms with Crippen LogP contribution in [-0.4, -0.2) is 39.7 Å². The van der Waals surface area contributed by atoms with Gasteiger partial charge in [0.25, 0.3) is 0 Å². The van der Waals surface area contributed by atoms with E-state index in [0.29, 0.717) is 11.7 Å². The fraction of sp³-hybridized carbons (Fsp3) is 0.467. The van der Waals surface area contributed by atoms with Crippen molar-refractivity contribution >= 4 is 11.9 Å². The second-order valence-corrected chi connectivity index (χ2v) is 5.16. The van der Waals surface area contributed by atoms with E-state index in [4.69, 9.17) is 0 Å². The lowest BCUT2D eigenvalue weighted by atomic mass is 10.1. The molecule has 3 heterocycles. The molecule has 0 saturated carbocycles. The molecule has 1 atom stereocenters. The Morgan fingerprint density at radius 2 is 2.37 bits per heavy atom. The van der Waals surface area contributed by atoms with Crippen LogP contribution in [0.3, 0.4) is 0 Å². The van der Waals surface area contributed by atoms with E-state index in [9.17, 15) is 4.79 Å². The molecule has 2 aromatic heterocycles. The molecule has 0 bridgehead atoms. The van der Waals surface area contributed by atoms with Crippen LogP contribution in [0.4, 0.5) is 0 Å². The van der Waals surface area contributed by atoms with E-state index in [1.165, 1.54) is 19.4 Å². The van der Waals surface area contributed by atoms with Crippen molar-refractivity contribution in [2.45, 2.75) is 32.2 Å². The van der Waals surface area contributed by atoms with E-state index < -0.39 is 0 Å². The van der Waals surface area contributed by atoms with Crippen molar-refractivity contribution in [3.05, 3.63) is 35.8 Å². The average molecular weight is 257 g/mol. The molecule has 19 heavy (non-hydrogen) atoms. The monoisotopic (exact) mass is 257 g/mol. The molecule has 0 N–H and O–H groups in total. The second kappa shape index (κ2) is 5.13. The highest BCUT2D eigenvalue weighted by atomic mass is 16.1. The Kier molecular flexibility index (Phi) is 3.34. The van der Waals surface area contributed by atoms with Gasteiger partial charge in [-0.2, -0.15) is 0 Å². The van der Waals surface area contributed by atoms with Gasteiger partial charge in [-0.05, 0) is 38.1 Å². The zero-order valence-corrected chi connectivity index (χ0v) is 11.2. The summed E-state index contributed by atoms with van der Waals surface area (Å²) in [5.74, 6) is 0. The van der Waals surface area contributed by atoms with Gasteiger partial charge in [-0.15, -0.1) is 0 Å². The fourth-order valence-corrected chi connectivity index (χ4v) is 3.06. The minimum atomic E-state index is 0.606. The fourth-order valence-electron chi connectivity index (χ4n) is 3.06. The molecule has 100 valence electrons. The number of carbonyl (C=O) groups excluding carboxylic acids is 1. The number of nitrogens with zero attached hydrogens (tertiary/aromatic N) is 3. The lowest BCUT2D eigenvalue weighted by molar-refractivity contribution is 0.111. The molecule has 0 aromatic carbocycles. The molecule has 3 rings (SSSR count). The smallest absolute Gasteiger partial charge is 0.166 e. The molecular formula is C15H19N3O. The third kappa shape index (κ3) is 2.28. The molecule has 4 heteroatoms. The van der Waals surface area contributed by atoms with Crippen molar-refractivity contribution in [3.63, 3.8) is 0 Å². The number of aromatic nitrogens is 2. The Morgan fingerprint density at radius 3 is 3.16 bits per heavy atom. The number of likely N-dealkylation sites (N-methyl/N-ethyl adjacent to an activating group) is 1.